The molecule has 1 aromatic rings. The summed E-state index contributed by atoms with van der Waals surface area (Å²) in [4.78, 5) is 25.3. The number of likely N-dealkylation sites (tertiary alicyclic amines) is 1. The third kappa shape index (κ3) is 5.13. The summed E-state index contributed by atoms with van der Waals surface area (Å²) < 4.78 is 16.9. The predicted octanol–water partition coefficient (Wildman–Crippen LogP) is 3.54. The lowest BCUT2D eigenvalue weighted by molar-refractivity contribution is -0.148. The topological polar surface area (TPSA) is 65.1 Å². The van der Waals surface area contributed by atoms with E-state index in [1.807, 2.05) is 46.8 Å². The van der Waals surface area contributed by atoms with Gasteiger partial charge in [-0.25, -0.2) is 4.79 Å². The van der Waals surface area contributed by atoms with Crippen LogP contribution < -0.4 is 4.74 Å². The maximum Gasteiger partial charge on any atom is 0.410 e. The highest BCUT2D eigenvalue weighted by molar-refractivity contribution is 5.69. The van der Waals surface area contributed by atoms with Crippen molar-refractivity contribution < 1.29 is 23.8 Å². The van der Waals surface area contributed by atoms with E-state index in [9.17, 15) is 9.59 Å². The monoisotopic (exact) mass is 363 g/mol. The Morgan fingerprint density at radius 2 is 1.58 bits per heavy atom. The molecule has 1 heterocycles. The van der Waals surface area contributed by atoms with E-state index in [4.69, 9.17) is 14.2 Å². The van der Waals surface area contributed by atoms with Crippen LogP contribution in [-0.2, 0) is 14.3 Å². The van der Waals surface area contributed by atoms with Gasteiger partial charge in [0.05, 0.1) is 13.1 Å². The number of hydrogen-bond acceptors (Lipinski definition) is 5. The van der Waals surface area contributed by atoms with Gasteiger partial charge in [0, 0.05) is 6.92 Å². The molecule has 1 aliphatic heterocycles. The summed E-state index contributed by atoms with van der Waals surface area (Å²) in [6.07, 6.45) is -1.40. The van der Waals surface area contributed by atoms with Crippen molar-refractivity contribution in [1.82, 2.24) is 4.90 Å². The lowest BCUT2D eigenvalue weighted by atomic mass is 10.0. The fourth-order valence-electron chi connectivity index (χ4n) is 2.90. The van der Waals surface area contributed by atoms with Crippen LogP contribution in [0, 0.1) is 20.8 Å². The van der Waals surface area contributed by atoms with Gasteiger partial charge in [0.25, 0.3) is 0 Å². The Kier molecular flexibility index (Phi) is 5.84. The van der Waals surface area contributed by atoms with E-state index in [0.29, 0.717) is 12.3 Å². The molecule has 1 saturated heterocycles. The number of amides is 1. The minimum atomic E-state index is -0.585. The molecular formula is C20H29NO5. The summed E-state index contributed by atoms with van der Waals surface area (Å²) >= 11 is 0. The van der Waals surface area contributed by atoms with Gasteiger partial charge in [-0.05, 0) is 70.4 Å². The quantitative estimate of drug-likeness (QED) is 0.769. The van der Waals surface area contributed by atoms with Crippen molar-refractivity contribution in [2.24, 2.45) is 0 Å². The lowest BCUT2D eigenvalue weighted by Gasteiger charge is -2.24. The van der Waals surface area contributed by atoms with Crippen LogP contribution in [0.3, 0.4) is 0 Å². The van der Waals surface area contributed by atoms with Crippen molar-refractivity contribution in [1.29, 1.82) is 0 Å². The number of carbonyl (C=O) groups is 2. The molecule has 6 heteroatoms. The van der Waals surface area contributed by atoms with Gasteiger partial charge >= 0.3 is 12.1 Å². The van der Waals surface area contributed by atoms with E-state index in [1.165, 1.54) is 17.4 Å². The standard InChI is InChI=1S/C20H29NO5/c1-12-8-16(9-13(2)14(12)3)25-18-11-21(10-17(18)24-15(4)22)19(23)26-20(5,6)7/h8-9,17-18H,10-11H2,1-7H3/t17-,18-/m1/s1. The van der Waals surface area contributed by atoms with Crippen LogP contribution in [0.1, 0.15) is 44.4 Å². The minimum Gasteiger partial charge on any atom is -0.485 e. The van der Waals surface area contributed by atoms with Crippen molar-refractivity contribution in [3.05, 3.63) is 28.8 Å². The van der Waals surface area contributed by atoms with E-state index in [1.54, 1.807) is 0 Å². The van der Waals surface area contributed by atoms with Gasteiger partial charge in [-0.1, -0.05) is 0 Å². The summed E-state index contributed by atoms with van der Waals surface area (Å²) in [6, 6.07) is 3.92. The summed E-state index contributed by atoms with van der Waals surface area (Å²) in [6.45, 7) is 13.5. The first-order valence-corrected chi connectivity index (χ1v) is 8.86. The van der Waals surface area contributed by atoms with E-state index in [-0.39, 0.29) is 6.54 Å². The van der Waals surface area contributed by atoms with Crippen molar-refractivity contribution in [2.45, 2.75) is 66.3 Å². The average Bonchev–Trinajstić information content (AvgIpc) is 2.85. The Balaban J connectivity index is 2.16. The third-order valence-electron chi connectivity index (χ3n) is 4.37. The molecule has 0 radical (unpaired) electrons. The molecule has 2 atom stereocenters. The Morgan fingerprint density at radius 1 is 1.04 bits per heavy atom. The molecule has 0 bridgehead atoms. The first kappa shape index (κ1) is 20.1. The number of rotatable bonds is 3. The second-order valence-corrected chi connectivity index (χ2v) is 7.87. The zero-order valence-electron chi connectivity index (χ0n) is 16.7. The molecule has 0 N–H and O–H groups in total. The van der Waals surface area contributed by atoms with Gasteiger partial charge in [0.1, 0.15) is 11.4 Å². The first-order chi connectivity index (χ1) is 12.0. The third-order valence-corrected chi connectivity index (χ3v) is 4.37. The van der Waals surface area contributed by atoms with E-state index >= 15 is 0 Å². The molecule has 2 rings (SSSR count). The van der Waals surface area contributed by atoms with Gasteiger partial charge in [0.2, 0.25) is 0 Å². The van der Waals surface area contributed by atoms with Gasteiger partial charge in [-0.15, -0.1) is 0 Å². The first-order valence-electron chi connectivity index (χ1n) is 8.86. The Hall–Kier alpha value is -2.24. The zero-order chi connectivity index (χ0) is 19.6. The smallest absolute Gasteiger partial charge is 0.410 e. The van der Waals surface area contributed by atoms with Crippen LogP contribution >= 0.6 is 0 Å². The van der Waals surface area contributed by atoms with E-state index < -0.39 is 29.9 Å². The number of esters is 1. The highest BCUT2D eigenvalue weighted by Gasteiger charge is 2.40. The molecule has 1 aliphatic rings. The maximum absolute atomic E-state index is 12.4. The average molecular weight is 363 g/mol. The van der Waals surface area contributed by atoms with E-state index in [0.717, 1.165) is 11.1 Å². The molecule has 0 spiro atoms. The second-order valence-electron chi connectivity index (χ2n) is 7.87. The number of nitrogens with zero attached hydrogens (tertiary/aromatic N) is 1. The van der Waals surface area contributed by atoms with Gasteiger partial charge in [0.15, 0.2) is 12.2 Å². The SMILES string of the molecule is CC(=O)O[C@@H]1CN(C(=O)OC(C)(C)C)C[C@H]1Oc1cc(C)c(C)c(C)c1. The molecule has 1 aromatic carbocycles. The molecule has 0 aromatic heterocycles. The van der Waals surface area contributed by atoms with Gasteiger partial charge in [-0.3, -0.25) is 4.79 Å². The molecule has 1 fully saturated rings. The van der Waals surface area contributed by atoms with Crippen molar-refractivity contribution in [2.75, 3.05) is 13.1 Å². The van der Waals surface area contributed by atoms with Crippen LogP contribution in [0.4, 0.5) is 4.79 Å². The number of hydrogen-bond donors (Lipinski definition) is 0. The van der Waals surface area contributed by atoms with E-state index in [2.05, 4.69) is 6.92 Å². The summed E-state index contributed by atoms with van der Waals surface area (Å²) in [7, 11) is 0. The summed E-state index contributed by atoms with van der Waals surface area (Å²) in [5.41, 5.74) is 2.89. The van der Waals surface area contributed by atoms with Crippen LogP contribution in [0.15, 0.2) is 12.1 Å². The Bertz CT molecular complexity index is 669. The Morgan fingerprint density at radius 3 is 2.08 bits per heavy atom. The second kappa shape index (κ2) is 7.56. The molecule has 26 heavy (non-hydrogen) atoms. The van der Waals surface area contributed by atoms with Crippen LogP contribution in [0.5, 0.6) is 5.75 Å². The van der Waals surface area contributed by atoms with Crippen molar-refractivity contribution in [3.8, 4) is 5.75 Å². The molecule has 0 aliphatic carbocycles. The fraction of sp³-hybridized carbons (Fsp3) is 0.600. The highest BCUT2D eigenvalue weighted by Crippen LogP contribution is 2.26. The minimum absolute atomic E-state index is 0.253. The highest BCUT2D eigenvalue weighted by atomic mass is 16.6. The van der Waals surface area contributed by atoms with Crippen LogP contribution in [0.25, 0.3) is 0 Å². The number of aryl methyl sites for hydroxylation is 2. The summed E-state index contributed by atoms with van der Waals surface area (Å²) in [5.74, 6) is 0.310. The van der Waals surface area contributed by atoms with Crippen LogP contribution in [0.2, 0.25) is 0 Å². The molecule has 0 unspecified atom stereocenters. The molecule has 0 saturated carbocycles. The van der Waals surface area contributed by atoms with Gasteiger partial charge in [-0.2, -0.15) is 0 Å². The largest absolute Gasteiger partial charge is 0.485 e. The number of carbonyl (C=O) groups excluding carboxylic acids is 2. The lowest BCUT2D eigenvalue weighted by Crippen LogP contribution is -2.36. The van der Waals surface area contributed by atoms with Crippen molar-refractivity contribution >= 4 is 12.1 Å². The maximum atomic E-state index is 12.4. The Labute approximate surface area is 155 Å². The molecular weight excluding hydrogens is 334 g/mol. The fourth-order valence-corrected chi connectivity index (χ4v) is 2.90. The van der Waals surface area contributed by atoms with Crippen LogP contribution in [-0.4, -0.2) is 47.9 Å². The molecule has 6 nitrogen and oxygen atoms in total. The molecule has 144 valence electrons. The van der Waals surface area contributed by atoms with Crippen molar-refractivity contribution in [3.63, 3.8) is 0 Å². The number of ether oxygens (including phenoxy) is 3. The normalized spacial score (nSPS) is 20.0. The predicted molar refractivity (Wildman–Crippen MR) is 98.4 cm³/mol. The molecule has 1 amide bonds. The number of benzene rings is 1. The summed E-state index contributed by atoms with van der Waals surface area (Å²) in [5, 5.41) is 0. The zero-order valence-corrected chi connectivity index (χ0v) is 16.7. The van der Waals surface area contributed by atoms with Gasteiger partial charge < -0.3 is 19.1 Å².